The fraction of sp³-hybridized carbons (Fsp3) is 0.143. The Morgan fingerprint density at radius 1 is 1.08 bits per heavy atom. The van der Waals surface area contributed by atoms with Crippen molar-refractivity contribution in [3.05, 3.63) is 89.5 Å². The predicted molar refractivity (Wildman–Crippen MR) is 145 cm³/mol. The minimum absolute atomic E-state index is 0.00275. The molecule has 4 aromatic rings. The molecule has 0 atom stereocenters. The Bertz CT molecular complexity index is 1600. The number of esters is 1. The molecule has 2 amide bonds. The predicted octanol–water partition coefficient (Wildman–Crippen LogP) is 4.30. The van der Waals surface area contributed by atoms with Crippen LogP contribution in [0.2, 0.25) is 0 Å². The number of anilines is 1. The Morgan fingerprint density at radius 3 is 2.58 bits per heavy atom. The molecule has 0 spiro atoms. The van der Waals surface area contributed by atoms with Gasteiger partial charge in [0.1, 0.15) is 17.1 Å². The molecule has 2 aromatic heterocycles. The van der Waals surface area contributed by atoms with Crippen molar-refractivity contribution in [2.75, 3.05) is 18.6 Å². The summed E-state index contributed by atoms with van der Waals surface area (Å²) in [6.07, 6.45) is 3.38. The summed E-state index contributed by atoms with van der Waals surface area (Å²) in [5.41, 5.74) is 1.98. The maximum atomic E-state index is 13.5. The van der Waals surface area contributed by atoms with Crippen molar-refractivity contribution < 1.29 is 28.3 Å². The number of nitrogens with one attached hydrogen (secondary N) is 1. The van der Waals surface area contributed by atoms with Gasteiger partial charge in [0.2, 0.25) is 5.76 Å². The highest BCUT2D eigenvalue weighted by Crippen LogP contribution is 2.28. The zero-order chi connectivity index (χ0) is 26.8. The van der Waals surface area contributed by atoms with E-state index in [0.717, 1.165) is 10.9 Å². The van der Waals surface area contributed by atoms with Crippen LogP contribution in [0.25, 0.3) is 17.0 Å². The van der Waals surface area contributed by atoms with Gasteiger partial charge in [-0.15, -0.1) is 0 Å². The van der Waals surface area contributed by atoms with Crippen molar-refractivity contribution in [3.8, 4) is 5.75 Å². The summed E-state index contributed by atoms with van der Waals surface area (Å²) in [4.78, 5) is 39.4. The standard InChI is InChI=1S/C28H23N3O6S/c1-3-36-19-10-8-18(9-11-19)31-26(33)22(25(32)29-28(31)38)14-17-15-30(23-7-5-4-6-21(17)23)16-20-12-13-24(37-20)27(34)35-2/h4-15H,3,16H2,1-2H3,(H,29,32,38)/b22-14+. The summed E-state index contributed by atoms with van der Waals surface area (Å²) in [5.74, 6) is -0.355. The molecule has 0 radical (unpaired) electrons. The van der Waals surface area contributed by atoms with Crippen LogP contribution in [0.5, 0.6) is 5.75 Å². The van der Waals surface area contributed by atoms with E-state index in [1.807, 2.05) is 42.0 Å². The fourth-order valence-electron chi connectivity index (χ4n) is 4.27. The Balaban J connectivity index is 1.50. The number of ether oxygens (including phenoxy) is 2. The van der Waals surface area contributed by atoms with Crippen molar-refractivity contribution in [2.24, 2.45) is 0 Å². The number of para-hydroxylation sites is 1. The zero-order valence-electron chi connectivity index (χ0n) is 20.6. The monoisotopic (exact) mass is 529 g/mol. The first-order valence-electron chi connectivity index (χ1n) is 11.8. The zero-order valence-corrected chi connectivity index (χ0v) is 21.4. The normalized spacial score (nSPS) is 14.7. The first kappa shape index (κ1) is 25.0. The van der Waals surface area contributed by atoms with Crippen LogP contribution in [-0.2, 0) is 20.9 Å². The average Bonchev–Trinajstić information content (AvgIpc) is 3.52. The van der Waals surface area contributed by atoms with Crippen LogP contribution < -0.4 is 15.0 Å². The second-order valence-electron chi connectivity index (χ2n) is 8.37. The van der Waals surface area contributed by atoms with E-state index in [9.17, 15) is 14.4 Å². The number of nitrogens with zero attached hydrogens (tertiary/aromatic N) is 2. The smallest absolute Gasteiger partial charge is 0.373 e. The Morgan fingerprint density at radius 2 is 1.84 bits per heavy atom. The number of aromatic nitrogens is 1. The van der Waals surface area contributed by atoms with Gasteiger partial charge in [-0.05, 0) is 67.7 Å². The largest absolute Gasteiger partial charge is 0.494 e. The van der Waals surface area contributed by atoms with Crippen LogP contribution >= 0.6 is 12.2 Å². The molecule has 2 aromatic carbocycles. The van der Waals surface area contributed by atoms with Crippen molar-refractivity contribution >= 4 is 57.8 Å². The molecule has 0 unspecified atom stereocenters. The highest BCUT2D eigenvalue weighted by atomic mass is 32.1. The van der Waals surface area contributed by atoms with E-state index in [1.165, 1.54) is 12.0 Å². The van der Waals surface area contributed by atoms with Gasteiger partial charge in [-0.3, -0.25) is 19.8 Å². The lowest BCUT2D eigenvalue weighted by Crippen LogP contribution is -2.54. The molecule has 0 aliphatic carbocycles. The Hall–Kier alpha value is -4.70. The summed E-state index contributed by atoms with van der Waals surface area (Å²) in [5, 5.41) is 3.45. The van der Waals surface area contributed by atoms with Gasteiger partial charge in [-0.2, -0.15) is 0 Å². The number of methoxy groups -OCH3 is 1. The minimum Gasteiger partial charge on any atom is -0.494 e. The average molecular weight is 530 g/mol. The van der Waals surface area contributed by atoms with Crippen molar-refractivity contribution in [1.82, 2.24) is 9.88 Å². The van der Waals surface area contributed by atoms with Gasteiger partial charge in [0.25, 0.3) is 11.8 Å². The van der Waals surface area contributed by atoms with E-state index in [2.05, 4.69) is 5.32 Å². The molecule has 10 heteroatoms. The first-order valence-corrected chi connectivity index (χ1v) is 12.2. The third kappa shape index (κ3) is 4.69. The number of hydrogen-bond donors (Lipinski definition) is 1. The Kier molecular flexibility index (Phi) is 6.80. The van der Waals surface area contributed by atoms with Crippen LogP contribution in [0.4, 0.5) is 5.69 Å². The van der Waals surface area contributed by atoms with E-state index >= 15 is 0 Å². The van der Waals surface area contributed by atoms with E-state index in [-0.39, 0.29) is 16.4 Å². The van der Waals surface area contributed by atoms with Crippen LogP contribution in [0, 0.1) is 0 Å². The quantitative estimate of drug-likeness (QED) is 0.165. The molecule has 1 fully saturated rings. The highest BCUT2D eigenvalue weighted by molar-refractivity contribution is 7.80. The lowest BCUT2D eigenvalue weighted by atomic mass is 10.1. The first-order chi connectivity index (χ1) is 18.4. The summed E-state index contributed by atoms with van der Waals surface area (Å²) >= 11 is 5.32. The third-order valence-corrected chi connectivity index (χ3v) is 6.29. The molecule has 1 aliphatic rings. The molecule has 5 rings (SSSR count). The van der Waals surface area contributed by atoms with Crippen LogP contribution in [-0.4, -0.2) is 41.2 Å². The SMILES string of the molecule is CCOc1ccc(N2C(=O)/C(=C/c3cn(Cc4ccc(C(=O)OC)o4)c4ccccc34)C(=O)NC2=S)cc1. The number of carbonyl (C=O) groups excluding carboxylic acids is 3. The molecule has 1 N–H and O–H groups in total. The van der Waals surface area contributed by atoms with E-state index in [1.54, 1.807) is 42.5 Å². The number of furan rings is 1. The number of carbonyl (C=O) groups is 3. The minimum atomic E-state index is -0.576. The molecule has 9 nitrogen and oxygen atoms in total. The summed E-state index contributed by atoms with van der Waals surface area (Å²) in [7, 11) is 1.29. The molecular formula is C28H23N3O6S. The molecule has 192 valence electrons. The number of benzene rings is 2. The fourth-order valence-corrected chi connectivity index (χ4v) is 4.55. The Labute approximate surface area is 223 Å². The van der Waals surface area contributed by atoms with Crippen molar-refractivity contribution in [2.45, 2.75) is 13.5 Å². The van der Waals surface area contributed by atoms with Gasteiger partial charge in [0, 0.05) is 22.7 Å². The number of thiocarbonyl (C=S) groups is 1. The highest BCUT2D eigenvalue weighted by Gasteiger charge is 2.34. The van der Waals surface area contributed by atoms with Gasteiger partial charge < -0.3 is 18.5 Å². The number of rotatable bonds is 7. The molecule has 0 bridgehead atoms. The van der Waals surface area contributed by atoms with E-state index in [4.69, 9.17) is 26.1 Å². The lowest BCUT2D eigenvalue weighted by Gasteiger charge is -2.29. The molecule has 3 heterocycles. The van der Waals surface area contributed by atoms with Gasteiger partial charge in [-0.1, -0.05) is 18.2 Å². The van der Waals surface area contributed by atoms with Crippen LogP contribution in [0.1, 0.15) is 28.8 Å². The topological polar surface area (TPSA) is 103 Å². The summed E-state index contributed by atoms with van der Waals surface area (Å²) in [6.45, 7) is 2.72. The second-order valence-corrected chi connectivity index (χ2v) is 8.76. The molecule has 1 aliphatic heterocycles. The van der Waals surface area contributed by atoms with Crippen LogP contribution in [0.3, 0.4) is 0 Å². The molecule has 0 saturated carbocycles. The van der Waals surface area contributed by atoms with Crippen LogP contribution in [0.15, 0.2) is 76.9 Å². The lowest BCUT2D eigenvalue weighted by molar-refractivity contribution is -0.122. The van der Waals surface area contributed by atoms with Gasteiger partial charge in [0.05, 0.1) is 25.9 Å². The summed E-state index contributed by atoms with van der Waals surface area (Å²) in [6, 6.07) is 17.7. The second kappa shape index (κ2) is 10.3. The van der Waals surface area contributed by atoms with Gasteiger partial charge in [0.15, 0.2) is 5.11 Å². The number of fused-ring (bicyclic) bond motifs is 1. The summed E-state index contributed by atoms with van der Waals surface area (Å²) < 4.78 is 17.7. The van der Waals surface area contributed by atoms with E-state index in [0.29, 0.717) is 35.9 Å². The third-order valence-electron chi connectivity index (χ3n) is 6.00. The van der Waals surface area contributed by atoms with Crippen molar-refractivity contribution in [3.63, 3.8) is 0 Å². The maximum absolute atomic E-state index is 13.5. The van der Waals surface area contributed by atoms with Gasteiger partial charge >= 0.3 is 5.97 Å². The van der Waals surface area contributed by atoms with E-state index < -0.39 is 17.8 Å². The maximum Gasteiger partial charge on any atom is 0.373 e. The number of hydrogen-bond acceptors (Lipinski definition) is 7. The number of amides is 2. The van der Waals surface area contributed by atoms with Gasteiger partial charge in [-0.25, -0.2) is 4.79 Å². The van der Waals surface area contributed by atoms with Crippen molar-refractivity contribution in [1.29, 1.82) is 0 Å². The molecule has 38 heavy (non-hydrogen) atoms. The molecular weight excluding hydrogens is 506 g/mol. The molecule has 1 saturated heterocycles.